The molecule has 0 saturated carbocycles. The zero-order valence-corrected chi connectivity index (χ0v) is 16.4. The molecule has 27 heavy (non-hydrogen) atoms. The number of benzene rings is 3. The molecule has 0 saturated heterocycles. The third-order valence-electron chi connectivity index (χ3n) is 4.08. The van der Waals surface area contributed by atoms with Crippen LogP contribution in [0.2, 0.25) is 5.02 Å². The van der Waals surface area contributed by atoms with Crippen molar-refractivity contribution in [1.82, 2.24) is 5.32 Å². The van der Waals surface area contributed by atoms with E-state index in [2.05, 4.69) is 5.32 Å². The van der Waals surface area contributed by atoms with Gasteiger partial charge in [0.05, 0.1) is 11.1 Å². The van der Waals surface area contributed by atoms with E-state index in [1.807, 2.05) is 78.9 Å². The summed E-state index contributed by atoms with van der Waals surface area (Å²) in [4.78, 5) is 0. The largest absolute Gasteiger partial charge is 0.487 e. The van der Waals surface area contributed by atoms with E-state index in [0.717, 1.165) is 16.7 Å². The summed E-state index contributed by atoms with van der Waals surface area (Å²) in [6.45, 7) is 1.60. The lowest BCUT2D eigenvalue weighted by molar-refractivity contribution is 0.174. The fourth-order valence-electron chi connectivity index (χ4n) is 2.65. The second-order valence-electron chi connectivity index (χ2n) is 6.10. The Morgan fingerprint density at radius 1 is 0.889 bits per heavy atom. The second-order valence-corrected chi connectivity index (χ2v) is 6.50. The molecule has 1 atom stereocenters. The standard InChI is InChI=1S/C22H22ClNO2.ClH/c23-20-13-18(14-24-15-21(25)19-9-5-2-6-10-19)11-12-22(20)26-16-17-7-3-1-4-8-17;/h1-13,21,24-25H,14-16H2;1H. The highest BCUT2D eigenvalue weighted by molar-refractivity contribution is 6.32. The van der Waals surface area contributed by atoms with E-state index in [0.29, 0.717) is 30.5 Å². The van der Waals surface area contributed by atoms with E-state index < -0.39 is 6.10 Å². The van der Waals surface area contributed by atoms with E-state index in [-0.39, 0.29) is 12.4 Å². The lowest BCUT2D eigenvalue weighted by Crippen LogP contribution is -2.21. The van der Waals surface area contributed by atoms with Crippen molar-refractivity contribution in [3.63, 3.8) is 0 Å². The van der Waals surface area contributed by atoms with Crippen LogP contribution in [0.4, 0.5) is 0 Å². The van der Waals surface area contributed by atoms with E-state index >= 15 is 0 Å². The number of hydrogen-bond acceptors (Lipinski definition) is 3. The third kappa shape index (κ3) is 6.56. The molecule has 1 unspecified atom stereocenters. The van der Waals surface area contributed by atoms with Gasteiger partial charge < -0.3 is 15.2 Å². The maximum Gasteiger partial charge on any atom is 0.138 e. The van der Waals surface area contributed by atoms with Crippen LogP contribution in [0.3, 0.4) is 0 Å². The maximum atomic E-state index is 10.2. The van der Waals surface area contributed by atoms with Crippen molar-refractivity contribution in [2.45, 2.75) is 19.3 Å². The lowest BCUT2D eigenvalue weighted by Gasteiger charge is -2.13. The van der Waals surface area contributed by atoms with Crippen molar-refractivity contribution >= 4 is 24.0 Å². The molecule has 0 spiro atoms. The molecule has 0 aromatic heterocycles. The third-order valence-corrected chi connectivity index (χ3v) is 4.38. The smallest absolute Gasteiger partial charge is 0.138 e. The highest BCUT2D eigenvalue weighted by atomic mass is 35.5. The van der Waals surface area contributed by atoms with Crippen LogP contribution in [0.25, 0.3) is 0 Å². The van der Waals surface area contributed by atoms with Crippen LogP contribution in [-0.2, 0) is 13.2 Å². The van der Waals surface area contributed by atoms with Gasteiger partial charge in [0.2, 0.25) is 0 Å². The average Bonchev–Trinajstić information content (AvgIpc) is 2.69. The Morgan fingerprint density at radius 3 is 2.22 bits per heavy atom. The molecule has 0 fully saturated rings. The molecular formula is C22H23Cl2NO2. The molecule has 0 heterocycles. The molecule has 142 valence electrons. The summed E-state index contributed by atoms with van der Waals surface area (Å²) >= 11 is 6.33. The normalized spacial score (nSPS) is 11.5. The first kappa shape index (κ1) is 21.3. The number of rotatable bonds is 8. The van der Waals surface area contributed by atoms with Gasteiger partial charge in [-0.15, -0.1) is 12.4 Å². The Kier molecular flexibility index (Phi) is 8.62. The van der Waals surface area contributed by atoms with Crippen LogP contribution >= 0.6 is 24.0 Å². The minimum atomic E-state index is -0.528. The predicted octanol–water partition coefficient (Wildman–Crippen LogP) is 5.16. The summed E-state index contributed by atoms with van der Waals surface area (Å²) in [6.07, 6.45) is -0.528. The quantitative estimate of drug-likeness (QED) is 0.545. The Labute approximate surface area is 171 Å². The minimum Gasteiger partial charge on any atom is -0.487 e. The van der Waals surface area contributed by atoms with E-state index in [1.165, 1.54) is 0 Å². The molecule has 3 aromatic carbocycles. The first-order chi connectivity index (χ1) is 12.7. The molecule has 0 aliphatic carbocycles. The Morgan fingerprint density at radius 2 is 1.56 bits per heavy atom. The van der Waals surface area contributed by atoms with Crippen molar-refractivity contribution in [3.8, 4) is 5.75 Å². The first-order valence-electron chi connectivity index (χ1n) is 8.61. The lowest BCUT2D eigenvalue weighted by atomic mass is 10.1. The van der Waals surface area contributed by atoms with Crippen molar-refractivity contribution < 1.29 is 9.84 Å². The summed E-state index contributed by atoms with van der Waals surface area (Å²) in [5.41, 5.74) is 3.05. The van der Waals surface area contributed by atoms with Gasteiger partial charge in [0.15, 0.2) is 0 Å². The fourth-order valence-corrected chi connectivity index (χ4v) is 2.91. The van der Waals surface area contributed by atoms with Crippen molar-refractivity contribution in [2.75, 3.05) is 6.54 Å². The number of hydrogen-bond donors (Lipinski definition) is 2. The van der Waals surface area contributed by atoms with Gasteiger partial charge in [0.25, 0.3) is 0 Å². The molecule has 2 N–H and O–H groups in total. The monoisotopic (exact) mass is 403 g/mol. The van der Waals surface area contributed by atoms with Gasteiger partial charge in [-0.3, -0.25) is 0 Å². The zero-order chi connectivity index (χ0) is 18.2. The topological polar surface area (TPSA) is 41.5 Å². The Bertz CT molecular complexity index is 813. The van der Waals surface area contributed by atoms with Crippen LogP contribution in [0, 0.1) is 0 Å². The van der Waals surface area contributed by atoms with Gasteiger partial charge in [0, 0.05) is 13.1 Å². The molecule has 3 nitrogen and oxygen atoms in total. The van der Waals surface area contributed by atoms with Crippen molar-refractivity contribution in [2.24, 2.45) is 0 Å². The maximum absolute atomic E-state index is 10.2. The molecular weight excluding hydrogens is 381 g/mol. The van der Waals surface area contributed by atoms with Crippen LogP contribution in [0.15, 0.2) is 78.9 Å². The predicted molar refractivity (Wildman–Crippen MR) is 113 cm³/mol. The van der Waals surface area contributed by atoms with Crippen molar-refractivity contribution in [3.05, 3.63) is 101 Å². The van der Waals surface area contributed by atoms with Gasteiger partial charge >= 0.3 is 0 Å². The molecule has 0 aliphatic rings. The fraction of sp³-hybridized carbons (Fsp3) is 0.182. The van der Waals surface area contributed by atoms with Crippen LogP contribution in [0.5, 0.6) is 5.75 Å². The molecule has 0 radical (unpaired) electrons. The molecule has 3 rings (SSSR count). The van der Waals surface area contributed by atoms with Gasteiger partial charge in [-0.2, -0.15) is 0 Å². The number of ether oxygens (including phenoxy) is 1. The molecule has 0 bridgehead atoms. The van der Waals surface area contributed by atoms with E-state index in [4.69, 9.17) is 16.3 Å². The number of nitrogens with one attached hydrogen (secondary N) is 1. The van der Waals surface area contributed by atoms with Gasteiger partial charge in [-0.1, -0.05) is 78.3 Å². The number of aliphatic hydroxyl groups excluding tert-OH is 1. The molecule has 0 amide bonds. The minimum absolute atomic E-state index is 0. The van der Waals surface area contributed by atoms with Crippen LogP contribution in [0.1, 0.15) is 22.8 Å². The highest BCUT2D eigenvalue weighted by Crippen LogP contribution is 2.26. The summed E-state index contributed by atoms with van der Waals surface area (Å²) < 4.78 is 5.79. The van der Waals surface area contributed by atoms with Gasteiger partial charge in [-0.05, 0) is 28.8 Å². The van der Waals surface area contributed by atoms with E-state index in [1.54, 1.807) is 0 Å². The van der Waals surface area contributed by atoms with Crippen molar-refractivity contribution in [1.29, 1.82) is 0 Å². The number of halogens is 2. The Hall–Kier alpha value is -2.04. The SMILES string of the molecule is Cl.OC(CNCc1ccc(OCc2ccccc2)c(Cl)c1)c1ccccc1. The van der Waals surface area contributed by atoms with Crippen LogP contribution in [-0.4, -0.2) is 11.7 Å². The van der Waals surface area contributed by atoms with E-state index in [9.17, 15) is 5.11 Å². The summed E-state index contributed by atoms with van der Waals surface area (Å²) in [7, 11) is 0. The number of aliphatic hydroxyl groups is 1. The molecule has 5 heteroatoms. The Balaban J connectivity index is 0.00000261. The second kappa shape index (κ2) is 11.0. The van der Waals surface area contributed by atoms with Gasteiger partial charge in [-0.25, -0.2) is 0 Å². The van der Waals surface area contributed by atoms with Gasteiger partial charge in [0.1, 0.15) is 12.4 Å². The summed E-state index contributed by atoms with van der Waals surface area (Å²) in [6, 6.07) is 25.4. The first-order valence-corrected chi connectivity index (χ1v) is 8.99. The summed E-state index contributed by atoms with van der Waals surface area (Å²) in [5, 5.41) is 14.0. The average molecular weight is 404 g/mol. The molecule has 3 aromatic rings. The zero-order valence-electron chi connectivity index (χ0n) is 14.8. The highest BCUT2D eigenvalue weighted by Gasteiger charge is 2.07. The molecule has 0 aliphatic heterocycles. The summed E-state index contributed by atoms with van der Waals surface area (Å²) in [5.74, 6) is 0.670. The van der Waals surface area contributed by atoms with Crippen LogP contribution < -0.4 is 10.1 Å².